The Labute approximate surface area is 90.8 Å². The van der Waals surface area contributed by atoms with Gasteiger partial charge in [-0.25, -0.2) is 9.78 Å². The molecule has 0 fully saturated rings. The maximum atomic E-state index is 10.6. The van der Waals surface area contributed by atoms with Crippen LogP contribution in [0.3, 0.4) is 0 Å². The summed E-state index contributed by atoms with van der Waals surface area (Å²) in [6.07, 6.45) is 0.649. The minimum atomic E-state index is -1.25. The van der Waals surface area contributed by atoms with Crippen molar-refractivity contribution in [3.05, 3.63) is 27.9 Å². The first-order chi connectivity index (χ1) is 7.56. The number of carboxylic acid groups (broad SMARTS) is 1. The monoisotopic (exact) mass is 226 g/mol. The van der Waals surface area contributed by atoms with E-state index in [2.05, 4.69) is 4.98 Å². The van der Waals surface area contributed by atoms with E-state index < -0.39 is 10.9 Å². The first-order valence-corrected chi connectivity index (χ1v) is 4.57. The predicted molar refractivity (Wildman–Crippen MR) is 53.6 cm³/mol. The lowest BCUT2D eigenvalue weighted by atomic mass is 10.3. The Kier molecular flexibility index (Phi) is 3.76. The number of carbonyl (C=O) groups is 1. The van der Waals surface area contributed by atoms with Crippen LogP contribution in [0.15, 0.2) is 12.1 Å². The molecule has 0 unspecified atom stereocenters. The first-order valence-electron chi connectivity index (χ1n) is 4.57. The number of ether oxygens (including phenoxy) is 1. The summed E-state index contributed by atoms with van der Waals surface area (Å²) in [5.41, 5.74) is -0.616. The molecule has 0 radical (unpaired) electrons. The molecule has 86 valence electrons. The van der Waals surface area contributed by atoms with Gasteiger partial charge in [-0.15, -0.1) is 0 Å². The van der Waals surface area contributed by atoms with E-state index in [1.807, 2.05) is 6.92 Å². The van der Waals surface area contributed by atoms with Crippen LogP contribution in [0.1, 0.15) is 23.8 Å². The average Bonchev–Trinajstić information content (AvgIpc) is 2.25. The fourth-order valence-electron chi connectivity index (χ4n) is 0.996. The second-order valence-corrected chi connectivity index (χ2v) is 2.93. The van der Waals surface area contributed by atoms with Crippen molar-refractivity contribution in [2.24, 2.45) is 0 Å². The fraction of sp³-hybridized carbons (Fsp3) is 0.333. The van der Waals surface area contributed by atoms with Crippen molar-refractivity contribution in [2.45, 2.75) is 13.3 Å². The third-order valence-electron chi connectivity index (χ3n) is 1.70. The van der Waals surface area contributed by atoms with E-state index in [4.69, 9.17) is 9.84 Å². The van der Waals surface area contributed by atoms with Crippen molar-refractivity contribution >= 4 is 11.7 Å². The molecule has 7 heteroatoms. The Morgan fingerprint density at radius 1 is 1.62 bits per heavy atom. The molecule has 1 rings (SSSR count). The number of aromatic carboxylic acids is 1. The van der Waals surface area contributed by atoms with Crippen molar-refractivity contribution in [3.63, 3.8) is 0 Å². The zero-order valence-corrected chi connectivity index (χ0v) is 8.54. The van der Waals surface area contributed by atoms with E-state index in [9.17, 15) is 14.9 Å². The van der Waals surface area contributed by atoms with Gasteiger partial charge in [-0.3, -0.25) is 10.1 Å². The molecule has 0 bridgehead atoms. The topological polar surface area (TPSA) is 103 Å². The lowest BCUT2D eigenvalue weighted by Crippen LogP contribution is -2.06. The van der Waals surface area contributed by atoms with Gasteiger partial charge in [0.15, 0.2) is 5.69 Å². The van der Waals surface area contributed by atoms with Crippen molar-refractivity contribution in [3.8, 4) is 5.88 Å². The van der Waals surface area contributed by atoms with Crippen LogP contribution in [0, 0.1) is 10.1 Å². The molecular weight excluding hydrogens is 216 g/mol. The van der Waals surface area contributed by atoms with Gasteiger partial charge in [-0.2, -0.15) is 0 Å². The molecular formula is C9H10N2O5. The molecule has 1 aromatic heterocycles. The summed E-state index contributed by atoms with van der Waals surface area (Å²) in [6.45, 7) is 2.07. The predicted octanol–water partition coefficient (Wildman–Crippen LogP) is 1.48. The Morgan fingerprint density at radius 3 is 2.81 bits per heavy atom. The molecule has 1 N–H and O–H groups in total. The number of pyridine rings is 1. The summed E-state index contributed by atoms with van der Waals surface area (Å²) < 4.78 is 5.02. The van der Waals surface area contributed by atoms with Crippen molar-refractivity contribution in [1.82, 2.24) is 4.98 Å². The highest BCUT2D eigenvalue weighted by atomic mass is 16.6. The van der Waals surface area contributed by atoms with Gasteiger partial charge in [-0.1, -0.05) is 6.92 Å². The number of nitrogens with zero attached hydrogens (tertiary/aromatic N) is 2. The Morgan fingerprint density at radius 2 is 2.31 bits per heavy atom. The number of hydrogen-bond donors (Lipinski definition) is 1. The van der Waals surface area contributed by atoms with Crippen LogP contribution in [0.2, 0.25) is 0 Å². The molecule has 7 nitrogen and oxygen atoms in total. The maximum Gasteiger partial charge on any atom is 0.354 e. The second-order valence-electron chi connectivity index (χ2n) is 2.93. The van der Waals surface area contributed by atoms with E-state index in [1.165, 1.54) is 0 Å². The largest absolute Gasteiger partial charge is 0.477 e. The van der Waals surface area contributed by atoms with Crippen molar-refractivity contribution < 1.29 is 19.6 Å². The molecule has 0 saturated carbocycles. The zero-order chi connectivity index (χ0) is 12.1. The molecule has 0 aliphatic heterocycles. The Hall–Kier alpha value is -2.18. The number of rotatable bonds is 5. The van der Waals surface area contributed by atoms with Gasteiger partial charge in [0.1, 0.15) is 0 Å². The molecule has 0 spiro atoms. The molecule has 0 saturated heterocycles. The minimum absolute atomic E-state index is 0.247. The van der Waals surface area contributed by atoms with Crippen LogP contribution < -0.4 is 4.74 Å². The maximum absolute atomic E-state index is 10.6. The summed E-state index contributed by atoms with van der Waals surface area (Å²) in [5, 5.41) is 19.3. The van der Waals surface area contributed by atoms with Crippen molar-refractivity contribution in [1.29, 1.82) is 0 Å². The van der Waals surface area contributed by atoms with Crippen LogP contribution in [0.5, 0.6) is 5.88 Å². The van der Waals surface area contributed by atoms with Gasteiger partial charge in [0.05, 0.1) is 11.5 Å². The molecule has 0 aliphatic carbocycles. The van der Waals surface area contributed by atoms with Crippen LogP contribution in [-0.2, 0) is 0 Å². The van der Waals surface area contributed by atoms with Crippen LogP contribution in [-0.4, -0.2) is 27.6 Å². The molecule has 1 aromatic rings. The smallest absolute Gasteiger partial charge is 0.354 e. The van der Waals surface area contributed by atoms with Gasteiger partial charge in [-0.05, 0) is 12.5 Å². The van der Waals surface area contributed by atoms with Gasteiger partial charge in [0.2, 0.25) is 0 Å². The summed E-state index contributed by atoms with van der Waals surface area (Å²) in [6, 6.07) is 2.14. The third-order valence-corrected chi connectivity index (χ3v) is 1.70. The quantitative estimate of drug-likeness (QED) is 0.602. The van der Waals surface area contributed by atoms with E-state index in [0.29, 0.717) is 6.42 Å². The Balaban J connectivity index is 3.10. The number of aromatic nitrogens is 1. The summed E-state index contributed by atoms with van der Waals surface area (Å²) >= 11 is 0. The molecule has 0 amide bonds. The normalized spacial score (nSPS) is 9.81. The number of carboxylic acids is 1. The van der Waals surface area contributed by atoms with Crippen molar-refractivity contribution in [2.75, 3.05) is 6.61 Å². The lowest BCUT2D eigenvalue weighted by molar-refractivity contribution is -0.386. The van der Waals surface area contributed by atoms with Gasteiger partial charge in [0.25, 0.3) is 5.88 Å². The number of nitro groups is 1. The average molecular weight is 226 g/mol. The highest BCUT2D eigenvalue weighted by Gasteiger charge is 2.19. The zero-order valence-electron chi connectivity index (χ0n) is 8.54. The van der Waals surface area contributed by atoms with Gasteiger partial charge >= 0.3 is 11.7 Å². The van der Waals surface area contributed by atoms with Crippen LogP contribution in [0.25, 0.3) is 0 Å². The molecule has 16 heavy (non-hydrogen) atoms. The summed E-state index contributed by atoms with van der Waals surface area (Å²) in [4.78, 5) is 24.1. The molecule has 0 atom stereocenters. The first kappa shape index (κ1) is 11.9. The standard InChI is InChI=1S/C9H10N2O5/c1-2-5-16-8-7(11(14)15)4-3-6(10-8)9(12)13/h3-4H,2,5H2,1H3,(H,12,13). The molecule has 0 aliphatic rings. The summed E-state index contributed by atoms with van der Waals surface area (Å²) in [7, 11) is 0. The Bertz CT molecular complexity index is 418. The lowest BCUT2D eigenvalue weighted by Gasteiger charge is -2.04. The minimum Gasteiger partial charge on any atom is -0.477 e. The summed E-state index contributed by atoms with van der Waals surface area (Å²) in [5.74, 6) is -1.51. The van der Waals surface area contributed by atoms with E-state index in [0.717, 1.165) is 12.1 Å². The SMILES string of the molecule is CCCOc1nc(C(=O)O)ccc1[N+](=O)[O-]. The highest BCUT2D eigenvalue weighted by molar-refractivity contribution is 5.85. The van der Waals surface area contributed by atoms with Gasteiger partial charge < -0.3 is 9.84 Å². The second kappa shape index (κ2) is 5.06. The third kappa shape index (κ3) is 2.66. The van der Waals surface area contributed by atoms with E-state index in [-0.39, 0.29) is 23.9 Å². The van der Waals surface area contributed by atoms with Gasteiger partial charge in [0, 0.05) is 6.07 Å². The molecule has 0 aromatic carbocycles. The fourth-order valence-corrected chi connectivity index (χ4v) is 0.996. The van der Waals surface area contributed by atoms with Crippen LogP contribution >= 0.6 is 0 Å². The highest BCUT2D eigenvalue weighted by Crippen LogP contribution is 2.24. The van der Waals surface area contributed by atoms with E-state index >= 15 is 0 Å². The van der Waals surface area contributed by atoms with Crippen LogP contribution in [0.4, 0.5) is 5.69 Å². The van der Waals surface area contributed by atoms with E-state index in [1.54, 1.807) is 0 Å². The molecule has 1 heterocycles. The number of hydrogen-bond acceptors (Lipinski definition) is 5.